The van der Waals surface area contributed by atoms with E-state index in [2.05, 4.69) is 27.4 Å². The molecule has 21 heavy (non-hydrogen) atoms. The van der Waals surface area contributed by atoms with E-state index in [4.69, 9.17) is 0 Å². The van der Waals surface area contributed by atoms with Gasteiger partial charge in [0.1, 0.15) is 17.0 Å². The Bertz CT molecular complexity index is 808. The Kier molecular flexibility index (Phi) is 3.62. The predicted molar refractivity (Wildman–Crippen MR) is 84.5 cm³/mol. The SMILES string of the molecule is Cc1sc2ncnc(NN=Cc3ccc(F)cc3)c2c1C. The number of fused-ring (bicyclic) bond motifs is 1. The molecule has 0 aliphatic carbocycles. The highest BCUT2D eigenvalue weighted by atomic mass is 32.1. The van der Waals surface area contributed by atoms with Crippen molar-refractivity contribution in [2.75, 3.05) is 5.43 Å². The summed E-state index contributed by atoms with van der Waals surface area (Å²) >= 11 is 1.64. The van der Waals surface area contributed by atoms with Crippen LogP contribution in [0, 0.1) is 19.7 Å². The molecule has 0 saturated carbocycles. The molecule has 3 rings (SSSR count). The lowest BCUT2D eigenvalue weighted by molar-refractivity contribution is 0.628. The Balaban J connectivity index is 1.87. The summed E-state index contributed by atoms with van der Waals surface area (Å²) in [5.74, 6) is 0.419. The molecule has 2 aromatic heterocycles. The molecule has 0 spiro atoms. The first-order chi connectivity index (χ1) is 10.1. The van der Waals surface area contributed by atoms with Gasteiger partial charge in [-0.2, -0.15) is 5.10 Å². The molecule has 2 heterocycles. The number of hydrogen-bond acceptors (Lipinski definition) is 5. The van der Waals surface area contributed by atoms with Crippen LogP contribution in [0.3, 0.4) is 0 Å². The second-order valence-corrected chi connectivity index (χ2v) is 5.81. The monoisotopic (exact) mass is 300 g/mol. The normalized spacial score (nSPS) is 11.4. The quantitative estimate of drug-likeness (QED) is 0.589. The predicted octanol–water partition coefficient (Wildman–Crippen LogP) is 3.89. The zero-order valence-corrected chi connectivity index (χ0v) is 12.4. The summed E-state index contributed by atoms with van der Waals surface area (Å²) in [4.78, 5) is 10.7. The summed E-state index contributed by atoms with van der Waals surface area (Å²) in [6.07, 6.45) is 3.15. The van der Waals surface area contributed by atoms with Gasteiger partial charge >= 0.3 is 0 Å². The van der Waals surface area contributed by atoms with E-state index in [1.807, 2.05) is 6.92 Å². The summed E-state index contributed by atoms with van der Waals surface area (Å²) < 4.78 is 12.8. The highest BCUT2D eigenvalue weighted by molar-refractivity contribution is 7.18. The standard InChI is InChI=1S/C15H13FN4S/c1-9-10(2)21-15-13(9)14(17-8-18-15)20-19-7-11-3-5-12(16)6-4-11/h3-8H,1-2H3,(H,17,18,20). The molecule has 0 fully saturated rings. The second-order valence-electron chi connectivity index (χ2n) is 4.61. The van der Waals surface area contributed by atoms with Crippen molar-refractivity contribution in [3.63, 3.8) is 0 Å². The largest absolute Gasteiger partial charge is 0.261 e. The number of aryl methyl sites for hydroxylation is 2. The third-order valence-electron chi connectivity index (χ3n) is 3.22. The number of rotatable bonds is 3. The van der Waals surface area contributed by atoms with Crippen molar-refractivity contribution >= 4 is 33.6 Å². The van der Waals surface area contributed by atoms with Gasteiger partial charge in [0.2, 0.25) is 0 Å². The number of hydrazone groups is 1. The molecule has 0 amide bonds. The van der Waals surface area contributed by atoms with E-state index >= 15 is 0 Å². The molecule has 1 aromatic carbocycles. The Labute approximate surface area is 125 Å². The van der Waals surface area contributed by atoms with Crippen LogP contribution in [0.4, 0.5) is 10.2 Å². The molecule has 0 aliphatic heterocycles. The van der Waals surface area contributed by atoms with Gasteiger partial charge < -0.3 is 0 Å². The van der Waals surface area contributed by atoms with E-state index in [-0.39, 0.29) is 5.82 Å². The molecule has 6 heteroatoms. The topological polar surface area (TPSA) is 50.2 Å². The molecule has 0 unspecified atom stereocenters. The van der Waals surface area contributed by atoms with Crippen molar-refractivity contribution in [2.24, 2.45) is 5.10 Å². The fourth-order valence-corrected chi connectivity index (χ4v) is 2.98. The summed E-state index contributed by atoms with van der Waals surface area (Å²) in [5, 5.41) is 5.16. The lowest BCUT2D eigenvalue weighted by Crippen LogP contribution is -1.95. The minimum atomic E-state index is -0.262. The number of nitrogens with zero attached hydrogens (tertiary/aromatic N) is 3. The molecular formula is C15H13FN4S. The van der Waals surface area contributed by atoms with E-state index < -0.39 is 0 Å². The van der Waals surface area contributed by atoms with Crippen molar-refractivity contribution in [1.82, 2.24) is 9.97 Å². The summed E-state index contributed by atoms with van der Waals surface area (Å²) in [5.41, 5.74) is 4.91. The van der Waals surface area contributed by atoms with Crippen LogP contribution in [-0.2, 0) is 0 Å². The number of benzene rings is 1. The van der Waals surface area contributed by atoms with Crippen molar-refractivity contribution < 1.29 is 4.39 Å². The maximum Gasteiger partial charge on any atom is 0.158 e. The number of aromatic nitrogens is 2. The van der Waals surface area contributed by atoms with Gasteiger partial charge in [-0.15, -0.1) is 11.3 Å². The minimum Gasteiger partial charge on any atom is -0.261 e. The molecule has 0 bridgehead atoms. The van der Waals surface area contributed by atoms with Gasteiger partial charge in [-0.05, 0) is 37.1 Å². The first kappa shape index (κ1) is 13.6. The van der Waals surface area contributed by atoms with Crippen molar-refractivity contribution in [2.45, 2.75) is 13.8 Å². The summed E-state index contributed by atoms with van der Waals surface area (Å²) in [7, 11) is 0. The zero-order valence-electron chi connectivity index (χ0n) is 11.6. The van der Waals surface area contributed by atoms with Gasteiger partial charge in [-0.25, -0.2) is 14.4 Å². The van der Waals surface area contributed by atoms with Crippen LogP contribution in [0.25, 0.3) is 10.2 Å². The Hall–Kier alpha value is -2.34. The molecular weight excluding hydrogens is 287 g/mol. The average Bonchev–Trinajstić information content (AvgIpc) is 2.77. The maximum atomic E-state index is 12.8. The van der Waals surface area contributed by atoms with Crippen LogP contribution >= 0.6 is 11.3 Å². The molecule has 4 nitrogen and oxygen atoms in total. The molecule has 1 N–H and O–H groups in total. The van der Waals surface area contributed by atoms with E-state index in [0.29, 0.717) is 5.82 Å². The van der Waals surface area contributed by atoms with E-state index in [9.17, 15) is 4.39 Å². The van der Waals surface area contributed by atoms with Gasteiger partial charge in [0.05, 0.1) is 11.6 Å². The average molecular weight is 300 g/mol. The second kappa shape index (κ2) is 5.57. The number of hydrogen-bond donors (Lipinski definition) is 1. The molecule has 106 valence electrons. The Morgan fingerprint density at radius 2 is 1.95 bits per heavy atom. The van der Waals surface area contributed by atoms with Crippen molar-refractivity contribution in [3.05, 3.63) is 52.4 Å². The van der Waals surface area contributed by atoms with Gasteiger partial charge in [-0.3, -0.25) is 5.43 Å². The van der Waals surface area contributed by atoms with E-state index in [1.54, 1.807) is 29.7 Å². The van der Waals surface area contributed by atoms with Crippen LogP contribution in [-0.4, -0.2) is 16.2 Å². The first-order valence-electron chi connectivity index (χ1n) is 6.40. The van der Waals surface area contributed by atoms with Gasteiger partial charge in [-0.1, -0.05) is 12.1 Å². The van der Waals surface area contributed by atoms with Crippen molar-refractivity contribution in [3.8, 4) is 0 Å². The van der Waals surface area contributed by atoms with Gasteiger partial charge in [0, 0.05) is 4.88 Å². The summed E-state index contributed by atoms with van der Waals surface area (Å²) in [6.45, 7) is 4.11. The number of nitrogens with one attached hydrogen (secondary N) is 1. The fraction of sp³-hybridized carbons (Fsp3) is 0.133. The number of halogens is 1. The highest BCUT2D eigenvalue weighted by Gasteiger charge is 2.11. The summed E-state index contributed by atoms with van der Waals surface area (Å²) in [6, 6.07) is 6.12. The van der Waals surface area contributed by atoms with Crippen LogP contribution < -0.4 is 5.43 Å². The lowest BCUT2D eigenvalue weighted by atomic mass is 10.2. The Morgan fingerprint density at radius 3 is 2.71 bits per heavy atom. The molecule has 0 aliphatic rings. The van der Waals surface area contributed by atoms with Crippen molar-refractivity contribution in [1.29, 1.82) is 0 Å². The third kappa shape index (κ3) is 2.75. The first-order valence-corrected chi connectivity index (χ1v) is 7.22. The molecule has 0 atom stereocenters. The maximum absolute atomic E-state index is 12.8. The number of anilines is 1. The van der Waals surface area contributed by atoms with Crippen LogP contribution in [0.5, 0.6) is 0 Å². The van der Waals surface area contributed by atoms with Gasteiger partial charge in [0.25, 0.3) is 0 Å². The van der Waals surface area contributed by atoms with Crippen LogP contribution in [0.1, 0.15) is 16.0 Å². The van der Waals surface area contributed by atoms with E-state index in [0.717, 1.165) is 21.3 Å². The van der Waals surface area contributed by atoms with Crippen LogP contribution in [0.2, 0.25) is 0 Å². The molecule has 3 aromatic rings. The lowest BCUT2D eigenvalue weighted by Gasteiger charge is -2.01. The minimum absolute atomic E-state index is 0.262. The van der Waals surface area contributed by atoms with E-state index in [1.165, 1.54) is 23.3 Å². The smallest absolute Gasteiger partial charge is 0.158 e. The Morgan fingerprint density at radius 1 is 1.19 bits per heavy atom. The molecule has 0 saturated heterocycles. The highest BCUT2D eigenvalue weighted by Crippen LogP contribution is 2.32. The van der Waals surface area contributed by atoms with Gasteiger partial charge in [0.15, 0.2) is 5.82 Å². The fourth-order valence-electron chi connectivity index (χ4n) is 1.98. The number of thiophene rings is 1. The zero-order chi connectivity index (χ0) is 14.8. The third-order valence-corrected chi connectivity index (χ3v) is 4.33. The van der Waals surface area contributed by atoms with Crippen LogP contribution in [0.15, 0.2) is 35.7 Å². The molecule has 0 radical (unpaired) electrons.